The molecule has 0 spiro atoms. The zero-order chi connectivity index (χ0) is 10.2. The van der Waals surface area contributed by atoms with E-state index in [9.17, 15) is 0 Å². The molecule has 0 aromatic heterocycles. The molecule has 0 fully saturated rings. The predicted octanol–water partition coefficient (Wildman–Crippen LogP) is 3.56. The average Bonchev–Trinajstić information content (AvgIpc) is 2.25. The van der Waals surface area contributed by atoms with E-state index in [1.165, 1.54) is 11.1 Å². The van der Waals surface area contributed by atoms with Crippen LogP contribution in [0.1, 0.15) is 25.8 Å². The summed E-state index contributed by atoms with van der Waals surface area (Å²) in [7, 11) is 0. The van der Waals surface area contributed by atoms with Gasteiger partial charge in [0.2, 0.25) is 0 Å². The van der Waals surface area contributed by atoms with Gasteiger partial charge in [-0.05, 0) is 25.8 Å². The summed E-state index contributed by atoms with van der Waals surface area (Å²) in [6.07, 6.45) is 3.16. The van der Waals surface area contributed by atoms with Crippen molar-refractivity contribution in [3.8, 4) is 0 Å². The van der Waals surface area contributed by atoms with Gasteiger partial charge in [-0.3, -0.25) is 0 Å². The molecule has 1 aromatic rings. The minimum absolute atomic E-state index is 0.720. The summed E-state index contributed by atoms with van der Waals surface area (Å²) in [6, 6.07) is 10.3. The van der Waals surface area contributed by atoms with Gasteiger partial charge in [0.05, 0.1) is 13.2 Å². The molecular weight excluding hydrogens is 172 g/mol. The first-order valence-electron chi connectivity index (χ1n) is 5.06. The molecule has 0 atom stereocenters. The van der Waals surface area contributed by atoms with Crippen LogP contribution in [0.3, 0.4) is 0 Å². The molecular formula is C13H18O. The molecule has 1 nitrogen and oxygen atoms in total. The van der Waals surface area contributed by atoms with Crippen molar-refractivity contribution < 1.29 is 4.74 Å². The van der Waals surface area contributed by atoms with Crippen LogP contribution in [0, 0.1) is 0 Å². The first-order valence-corrected chi connectivity index (χ1v) is 5.06. The minimum atomic E-state index is 0.720. The van der Waals surface area contributed by atoms with E-state index in [-0.39, 0.29) is 0 Å². The first kappa shape index (κ1) is 11.0. The van der Waals surface area contributed by atoms with E-state index < -0.39 is 0 Å². The summed E-state index contributed by atoms with van der Waals surface area (Å²) in [5.74, 6) is 0. The molecule has 0 radical (unpaired) electrons. The van der Waals surface area contributed by atoms with Gasteiger partial charge >= 0.3 is 0 Å². The van der Waals surface area contributed by atoms with Crippen molar-refractivity contribution in [1.82, 2.24) is 0 Å². The van der Waals surface area contributed by atoms with Crippen molar-refractivity contribution in [2.24, 2.45) is 0 Å². The fraction of sp³-hybridized carbons (Fsp3) is 0.385. The van der Waals surface area contributed by atoms with E-state index in [0.717, 1.165) is 19.6 Å². The second-order valence-corrected chi connectivity index (χ2v) is 3.42. The molecule has 0 saturated carbocycles. The number of benzene rings is 1. The van der Waals surface area contributed by atoms with Gasteiger partial charge in [-0.25, -0.2) is 0 Å². The monoisotopic (exact) mass is 190 g/mol. The Morgan fingerprint density at radius 3 is 2.64 bits per heavy atom. The number of hydrogen-bond acceptors (Lipinski definition) is 1. The van der Waals surface area contributed by atoms with Crippen molar-refractivity contribution in [3.63, 3.8) is 0 Å². The van der Waals surface area contributed by atoms with Crippen LogP contribution in [-0.4, -0.2) is 6.61 Å². The summed E-state index contributed by atoms with van der Waals surface area (Å²) in [5, 5.41) is 0. The number of ether oxygens (including phenoxy) is 1. The fourth-order valence-corrected chi connectivity index (χ4v) is 1.14. The van der Waals surface area contributed by atoms with E-state index in [4.69, 9.17) is 4.74 Å². The lowest BCUT2D eigenvalue weighted by Gasteiger charge is -2.04. The van der Waals surface area contributed by atoms with Gasteiger partial charge in [0, 0.05) is 0 Å². The Balaban J connectivity index is 2.17. The highest BCUT2D eigenvalue weighted by Crippen LogP contribution is 2.03. The average molecular weight is 190 g/mol. The summed E-state index contributed by atoms with van der Waals surface area (Å²) >= 11 is 0. The van der Waals surface area contributed by atoms with Gasteiger partial charge in [0.15, 0.2) is 0 Å². The van der Waals surface area contributed by atoms with Crippen LogP contribution in [0.15, 0.2) is 42.0 Å². The highest BCUT2D eigenvalue weighted by Gasteiger charge is 1.92. The topological polar surface area (TPSA) is 9.23 Å². The Morgan fingerprint density at radius 1 is 1.29 bits per heavy atom. The molecule has 0 aliphatic heterocycles. The molecule has 14 heavy (non-hydrogen) atoms. The summed E-state index contributed by atoms with van der Waals surface area (Å²) in [4.78, 5) is 0. The first-order chi connectivity index (χ1) is 6.83. The van der Waals surface area contributed by atoms with Crippen LogP contribution in [0.4, 0.5) is 0 Å². The molecule has 76 valence electrons. The van der Waals surface area contributed by atoms with Gasteiger partial charge in [-0.15, -0.1) is 0 Å². The zero-order valence-electron chi connectivity index (χ0n) is 8.99. The number of allylic oxidation sites excluding steroid dienone is 1. The Labute approximate surface area is 86.4 Å². The van der Waals surface area contributed by atoms with E-state index in [0.29, 0.717) is 0 Å². The largest absolute Gasteiger partial charge is 0.376 e. The molecule has 1 rings (SSSR count). The van der Waals surface area contributed by atoms with Gasteiger partial charge in [0.25, 0.3) is 0 Å². The highest BCUT2D eigenvalue weighted by molar-refractivity contribution is 5.13. The normalized spacial score (nSPS) is 11.7. The zero-order valence-corrected chi connectivity index (χ0v) is 8.99. The van der Waals surface area contributed by atoms with Gasteiger partial charge in [0.1, 0.15) is 0 Å². The molecule has 0 saturated heterocycles. The molecule has 0 aliphatic rings. The second-order valence-electron chi connectivity index (χ2n) is 3.42. The molecule has 1 aromatic carbocycles. The minimum Gasteiger partial charge on any atom is -0.376 e. The van der Waals surface area contributed by atoms with Crippen molar-refractivity contribution >= 4 is 0 Å². The third kappa shape index (κ3) is 4.24. The SMILES string of the molecule is C/C=C(/C)CCOCc1ccccc1. The third-order valence-corrected chi connectivity index (χ3v) is 2.25. The Morgan fingerprint density at radius 2 is 2.00 bits per heavy atom. The van der Waals surface area contributed by atoms with Crippen molar-refractivity contribution in [1.29, 1.82) is 0 Å². The lowest BCUT2D eigenvalue weighted by molar-refractivity contribution is 0.124. The van der Waals surface area contributed by atoms with Crippen molar-refractivity contribution in [2.45, 2.75) is 26.9 Å². The Bertz CT molecular complexity index is 275. The summed E-state index contributed by atoms with van der Waals surface area (Å²) in [5.41, 5.74) is 2.63. The van der Waals surface area contributed by atoms with E-state index in [1.807, 2.05) is 18.2 Å². The summed E-state index contributed by atoms with van der Waals surface area (Å²) < 4.78 is 5.55. The van der Waals surface area contributed by atoms with Crippen molar-refractivity contribution in [2.75, 3.05) is 6.61 Å². The molecule has 0 amide bonds. The highest BCUT2D eigenvalue weighted by atomic mass is 16.5. The van der Waals surface area contributed by atoms with Gasteiger partial charge < -0.3 is 4.74 Å². The molecule has 0 heterocycles. The quantitative estimate of drug-likeness (QED) is 0.509. The standard InChI is InChI=1S/C13H18O/c1-3-12(2)9-10-14-11-13-7-5-4-6-8-13/h3-8H,9-11H2,1-2H3/b12-3-. The van der Waals surface area contributed by atoms with Crippen LogP contribution in [0.2, 0.25) is 0 Å². The molecule has 0 aliphatic carbocycles. The van der Waals surface area contributed by atoms with Crippen LogP contribution in [-0.2, 0) is 11.3 Å². The maximum atomic E-state index is 5.55. The van der Waals surface area contributed by atoms with Crippen molar-refractivity contribution in [3.05, 3.63) is 47.5 Å². The smallest absolute Gasteiger partial charge is 0.0717 e. The maximum Gasteiger partial charge on any atom is 0.0717 e. The van der Waals surface area contributed by atoms with E-state index in [1.54, 1.807) is 0 Å². The molecule has 0 unspecified atom stereocenters. The second kappa shape index (κ2) is 6.39. The maximum absolute atomic E-state index is 5.55. The lowest BCUT2D eigenvalue weighted by Crippen LogP contribution is -1.95. The Hall–Kier alpha value is -1.08. The number of hydrogen-bond donors (Lipinski definition) is 0. The number of rotatable bonds is 5. The van der Waals surface area contributed by atoms with Crippen LogP contribution >= 0.6 is 0 Å². The van der Waals surface area contributed by atoms with E-state index >= 15 is 0 Å². The molecule has 1 heteroatoms. The van der Waals surface area contributed by atoms with E-state index in [2.05, 4.69) is 32.1 Å². The summed E-state index contributed by atoms with van der Waals surface area (Å²) in [6.45, 7) is 5.72. The van der Waals surface area contributed by atoms with Crippen LogP contribution in [0.5, 0.6) is 0 Å². The van der Waals surface area contributed by atoms with Crippen LogP contribution in [0.25, 0.3) is 0 Å². The molecule has 0 bridgehead atoms. The predicted molar refractivity (Wildman–Crippen MR) is 60.1 cm³/mol. The third-order valence-electron chi connectivity index (χ3n) is 2.25. The Kier molecular flexibility index (Phi) is 5.02. The molecule has 0 N–H and O–H groups in total. The van der Waals surface area contributed by atoms with Gasteiger partial charge in [-0.1, -0.05) is 42.0 Å². The van der Waals surface area contributed by atoms with Gasteiger partial charge in [-0.2, -0.15) is 0 Å². The fourth-order valence-electron chi connectivity index (χ4n) is 1.14. The lowest BCUT2D eigenvalue weighted by atomic mass is 10.2. The van der Waals surface area contributed by atoms with Crippen LogP contribution < -0.4 is 0 Å².